The fraction of sp³-hybridized carbons (Fsp3) is 0.533. The van der Waals surface area contributed by atoms with E-state index in [1.54, 1.807) is 0 Å². The van der Waals surface area contributed by atoms with Crippen molar-refractivity contribution >= 4 is 21.8 Å². The maximum atomic E-state index is 12.3. The summed E-state index contributed by atoms with van der Waals surface area (Å²) < 4.78 is 1.07. The molecule has 1 amide bonds. The molecule has 3 nitrogen and oxygen atoms in total. The van der Waals surface area contributed by atoms with Gasteiger partial charge in [0.2, 0.25) is 5.91 Å². The zero-order valence-corrected chi connectivity index (χ0v) is 12.9. The molecular formula is C15H21BrN2O. The molecule has 2 atom stereocenters. The van der Waals surface area contributed by atoms with Crippen LogP contribution < -0.4 is 5.73 Å². The second-order valence-electron chi connectivity index (χ2n) is 5.40. The molecule has 1 aromatic rings. The van der Waals surface area contributed by atoms with Crippen molar-refractivity contribution in [2.75, 3.05) is 13.1 Å². The predicted octanol–water partition coefficient (Wildman–Crippen LogP) is 2.89. The minimum absolute atomic E-state index is 0.153. The molecule has 1 fully saturated rings. The smallest absolute Gasteiger partial charge is 0.223 e. The Balaban J connectivity index is 1.92. The molecule has 4 heteroatoms. The fourth-order valence-electron chi connectivity index (χ4n) is 2.54. The van der Waals surface area contributed by atoms with Crippen LogP contribution in [-0.2, 0) is 4.79 Å². The number of nitrogens with two attached hydrogens (primary N) is 1. The van der Waals surface area contributed by atoms with Gasteiger partial charge in [0.1, 0.15) is 0 Å². The summed E-state index contributed by atoms with van der Waals surface area (Å²) in [7, 11) is 0. The van der Waals surface area contributed by atoms with E-state index in [0.29, 0.717) is 13.0 Å². The summed E-state index contributed by atoms with van der Waals surface area (Å²) >= 11 is 3.43. The van der Waals surface area contributed by atoms with E-state index in [4.69, 9.17) is 5.73 Å². The zero-order chi connectivity index (χ0) is 13.8. The number of carbonyl (C=O) groups excluding carboxylic acids is 1. The van der Waals surface area contributed by atoms with Crippen molar-refractivity contribution in [3.05, 3.63) is 34.3 Å². The lowest BCUT2D eigenvalue weighted by Gasteiger charge is -2.31. The van der Waals surface area contributed by atoms with Gasteiger partial charge >= 0.3 is 0 Å². The number of halogens is 1. The first-order chi connectivity index (χ1) is 9.06. The summed E-state index contributed by atoms with van der Waals surface area (Å²) in [5, 5.41) is 0. The van der Waals surface area contributed by atoms with Gasteiger partial charge in [0, 0.05) is 30.0 Å². The van der Waals surface area contributed by atoms with Gasteiger partial charge in [0.25, 0.3) is 0 Å². The van der Waals surface area contributed by atoms with Gasteiger partial charge in [-0.05, 0) is 36.5 Å². The molecule has 19 heavy (non-hydrogen) atoms. The quantitative estimate of drug-likeness (QED) is 0.929. The van der Waals surface area contributed by atoms with Crippen molar-refractivity contribution in [3.8, 4) is 0 Å². The minimum atomic E-state index is 0.153. The largest absolute Gasteiger partial charge is 0.341 e. The minimum Gasteiger partial charge on any atom is -0.341 e. The van der Waals surface area contributed by atoms with Crippen molar-refractivity contribution in [2.45, 2.75) is 38.1 Å². The number of amides is 1. The third-order valence-corrected chi connectivity index (χ3v) is 4.26. The SMILES string of the molecule is CC(CC(=O)N1CCC[C@@H](N)C1)c1ccc(Br)cc1. The molecule has 1 heterocycles. The Morgan fingerprint density at radius 2 is 2.16 bits per heavy atom. The Hall–Kier alpha value is -0.870. The van der Waals surface area contributed by atoms with Gasteiger partial charge in [-0.15, -0.1) is 0 Å². The average Bonchev–Trinajstić information content (AvgIpc) is 2.39. The van der Waals surface area contributed by atoms with Gasteiger partial charge in [-0.2, -0.15) is 0 Å². The summed E-state index contributed by atoms with van der Waals surface area (Å²) in [6.45, 7) is 3.68. The summed E-state index contributed by atoms with van der Waals surface area (Å²) in [6.07, 6.45) is 2.62. The summed E-state index contributed by atoms with van der Waals surface area (Å²) in [4.78, 5) is 14.2. The van der Waals surface area contributed by atoms with E-state index >= 15 is 0 Å². The molecule has 0 saturated carbocycles. The van der Waals surface area contributed by atoms with Gasteiger partial charge in [-0.3, -0.25) is 4.79 Å². The van der Waals surface area contributed by atoms with Crippen molar-refractivity contribution < 1.29 is 4.79 Å². The Kier molecular flexibility index (Phi) is 4.99. The lowest BCUT2D eigenvalue weighted by atomic mass is 9.96. The van der Waals surface area contributed by atoms with Crippen LogP contribution >= 0.6 is 15.9 Å². The van der Waals surface area contributed by atoms with E-state index in [9.17, 15) is 4.79 Å². The monoisotopic (exact) mass is 324 g/mol. The van der Waals surface area contributed by atoms with Gasteiger partial charge in [-0.1, -0.05) is 35.0 Å². The Labute approximate surface area is 123 Å². The number of nitrogens with zero attached hydrogens (tertiary/aromatic N) is 1. The molecule has 1 aromatic carbocycles. The maximum Gasteiger partial charge on any atom is 0.223 e. The highest BCUT2D eigenvalue weighted by atomic mass is 79.9. The number of carbonyl (C=O) groups is 1. The lowest BCUT2D eigenvalue weighted by molar-refractivity contribution is -0.132. The number of benzene rings is 1. The molecule has 104 valence electrons. The Bertz CT molecular complexity index is 432. The molecule has 1 saturated heterocycles. The molecule has 1 aliphatic rings. The van der Waals surface area contributed by atoms with Crippen molar-refractivity contribution in [3.63, 3.8) is 0 Å². The van der Waals surface area contributed by atoms with Crippen LogP contribution in [0.5, 0.6) is 0 Å². The average molecular weight is 325 g/mol. The van der Waals surface area contributed by atoms with E-state index in [0.717, 1.165) is 23.9 Å². The first kappa shape index (κ1) is 14.5. The molecule has 1 unspecified atom stereocenters. The Morgan fingerprint density at radius 1 is 1.47 bits per heavy atom. The molecule has 2 rings (SSSR count). The molecule has 2 N–H and O–H groups in total. The van der Waals surface area contributed by atoms with Crippen LogP contribution in [-0.4, -0.2) is 29.9 Å². The maximum absolute atomic E-state index is 12.3. The third-order valence-electron chi connectivity index (χ3n) is 3.73. The number of hydrogen-bond acceptors (Lipinski definition) is 2. The van der Waals surface area contributed by atoms with Crippen LogP contribution in [0.15, 0.2) is 28.7 Å². The van der Waals surface area contributed by atoms with E-state index in [-0.39, 0.29) is 17.9 Å². The van der Waals surface area contributed by atoms with E-state index < -0.39 is 0 Å². The van der Waals surface area contributed by atoms with Gasteiger partial charge in [0.15, 0.2) is 0 Å². The summed E-state index contributed by atoms with van der Waals surface area (Å²) in [5.41, 5.74) is 7.13. The first-order valence-corrected chi connectivity index (χ1v) is 7.64. The first-order valence-electron chi connectivity index (χ1n) is 6.85. The highest BCUT2D eigenvalue weighted by Crippen LogP contribution is 2.23. The van der Waals surface area contributed by atoms with Gasteiger partial charge in [0.05, 0.1) is 0 Å². The van der Waals surface area contributed by atoms with Crippen LogP contribution in [0.1, 0.15) is 37.7 Å². The molecule has 0 spiro atoms. The number of likely N-dealkylation sites (tertiary alicyclic amines) is 1. The standard InChI is InChI=1S/C15H21BrN2O/c1-11(12-4-6-13(16)7-5-12)9-15(19)18-8-2-3-14(17)10-18/h4-7,11,14H,2-3,8-10,17H2,1H3/t11?,14-/m1/s1. The van der Waals surface area contributed by atoms with Crippen LogP contribution in [0, 0.1) is 0 Å². The summed E-state index contributed by atoms with van der Waals surface area (Å²) in [5.74, 6) is 0.476. The molecule has 0 aliphatic carbocycles. The molecule has 0 radical (unpaired) electrons. The van der Waals surface area contributed by atoms with Crippen LogP contribution in [0.2, 0.25) is 0 Å². The number of rotatable bonds is 3. The zero-order valence-electron chi connectivity index (χ0n) is 11.3. The lowest BCUT2D eigenvalue weighted by Crippen LogP contribution is -2.45. The van der Waals surface area contributed by atoms with E-state index in [1.165, 1.54) is 5.56 Å². The van der Waals surface area contributed by atoms with Gasteiger partial charge in [-0.25, -0.2) is 0 Å². The van der Waals surface area contributed by atoms with Gasteiger partial charge < -0.3 is 10.6 Å². The molecular weight excluding hydrogens is 304 g/mol. The normalized spacial score (nSPS) is 21.2. The predicted molar refractivity (Wildman–Crippen MR) is 81.0 cm³/mol. The van der Waals surface area contributed by atoms with Crippen molar-refractivity contribution in [1.29, 1.82) is 0 Å². The van der Waals surface area contributed by atoms with E-state index in [1.807, 2.05) is 17.0 Å². The van der Waals surface area contributed by atoms with Crippen molar-refractivity contribution in [1.82, 2.24) is 4.90 Å². The van der Waals surface area contributed by atoms with Crippen LogP contribution in [0.4, 0.5) is 0 Å². The third kappa shape index (κ3) is 4.05. The van der Waals surface area contributed by atoms with Crippen LogP contribution in [0.3, 0.4) is 0 Å². The topological polar surface area (TPSA) is 46.3 Å². The fourth-order valence-corrected chi connectivity index (χ4v) is 2.80. The number of hydrogen-bond donors (Lipinski definition) is 1. The molecule has 0 aromatic heterocycles. The second kappa shape index (κ2) is 6.53. The highest BCUT2D eigenvalue weighted by molar-refractivity contribution is 9.10. The number of piperidine rings is 1. The molecule has 0 bridgehead atoms. The van der Waals surface area contributed by atoms with Crippen LogP contribution in [0.25, 0.3) is 0 Å². The van der Waals surface area contributed by atoms with E-state index in [2.05, 4.69) is 35.0 Å². The second-order valence-corrected chi connectivity index (χ2v) is 6.31. The van der Waals surface area contributed by atoms with Crippen molar-refractivity contribution in [2.24, 2.45) is 5.73 Å². The molecule has 1 aliphatic heterocycles. The Morgan fingerprint density at radius 3 is 2.79 bits per heavy atom. The highest BCUT2D eigenvalue weighted by Gasteiger charge is 2.22. The summed E-state index contributed by atoms with van der Waals surface area (Å²) in [6, 6.07) is 8.34.